The summed E-state index contributed by atoms with van der Waals surface area (Å²) in [7, 11) is 0. The maximum absolute atomic E-state index is 5.60. The predicted molar refractivity (Wildman–Crippen MR) is 114 cm³/mol. The SMILES string of the molecule is CC(C)(CC1CCN(C(C)(C)C(C)(C)N2CCOCC2)C1)N1CCCCC1. The molecule has 0 bridgehead atoms. The molecule has 4 nitrogen and oxygen atoms in total. The monoisotopic (exact) mass is 379 g/mol. The Hall–Kier alpha value is -0.160. The summed E-state index contributed by atoms with van der Waals surface area (Å²) in [6.45, 7) is 23.8. The van der Waals surface area contributed by atoms with Crippen LogP contribution in [-0.2, 0) is 4.74 Å². The van der Waals surface area contributed by atoms with E-state index >= 15 is 0 Å². The molecule has 3 aliphatic rings. The molecule has 0 spiro atoms. The van der Waals surface area contributed by atoms with Crippen molar-refractivity contribution in [3.8, 4) is 0 Å². The van der Waals surface area contributed by atoms with Crippen molar-refractivity contribution in [2.24, 2.45) is 5.92 Å². The molecule has 0 radical (unpaired) electrons. The second-order valence-electron chi connectivity index (χ2n) is 10.9. The van der Waals surface area contributed by atoms with Crippen molar-refractivity contribution in [2.45, 2.75) is 90.3 Å². The third-order valence-corrected chi connectivity index (χ3v) is 8.38. The zero-order chi connectivity index (χ0) is 19.7. The van der Waals surface area contributed by atoms with Crippen molar-refractivity contribution in [3.63, 3.8) is 0 Å². The van der Waals surface area contributed by atoms with E-state index in [2.05, 4.69) is 56.2 Å². The lowest BCUT2D eigenvalue weighted by molar-refractivity contribution is -0.0731. The Kier molecular flexibility index (Phi) is 6.62. The van der Waals surface area contributed by atoms with Gasteiger partial charge in [0.2, 0.25) is 0 Å². The van der Waals surface area contributed by atoms with E-state index in [4.69, 9.17) is 4.74 Å². The van der Waals surface area contributed by atoms with Crippen LogP contribution >= 0.6 is 0 Å². The van der Waals surface area contributed by atoms with Crippen LogP contribution in [-0.4, -0.2) is 83.8 Å². The minimum absolute atomic E-state index is 0.161. The molecule has 3 heterocycles. The Balaban J connectivity index is 1.60. The average molecular weight is 380 g/mol. The summed E-state index contributed by atoms with van der Waals surface area (Å²) in [5.74, 6) is 0.835. The fourth-order valence-electron chi connectivity index (χ4n) is 5.74. The third-order valence-electron chi connectivity index (χ3n) is 8.38. The Morgan fingerprint density at radius 1 is 0.704 bits per heavy atom. The minimum Gasteiger partial charge on any atom is -0.379 e. The van der Waals surface area contributed by atoms with Gasteiger partial charge in [-0.15, -0.1) is 0 Å². The largest absolute Gasteiger partial charge is 0.379 e. The number of piperidine rings is 1. The molecule has 3 fully saturated rings. The van der Waals surface area contributed by atoms with Crippen molar-refractivity contribution in [2.75, 3.05) is 52.5 Å². The van der Waals surface area contributed by atoms with E-state index in [0.29, 0.717) is 5.54 Å². The summed E-state index contributed by atoms with van der Waals surface area (Å²) < 4.78 is 5.60. The van der Waals surface area contributed by atoms with E-state index in [9.17, 15) is 0 Å². The second-order valence-corrected chi connectivity index (χ2v) is 10.9. The molecule has 27 heavy (non-hydrogen) atoms. The molecule has 3 saturated heterocycles. The highest BCUT2D eigenvalue weighted by atomic mass is 16.5. The first-order chi connectivity index (χ1) is 12.6. The molecule has 158 valence electrons. The quantitative estimate of drug-likeness (QED) is 0.698. The zero-order valence-corrected chi connectivity index (χ0v) is 19.0. The molecule has 0 aromatic carbocycles. The lowest BCUT2D eigenvalue weighted by Gasteiger charge is -2.54. The first-order valence-corrected chi connectivity index (χ1v) is 11.5. The van der Waals surface area contributed by atoms with Crippen LogP contribution in [0.5, 0.6) is 0 Å². The Labute approximate surface area is 168 Å². The summed E-state index contributed by atoms with van der Waals surface area (Å²) in [5.41, 5.74) is 0.688. The molecule has 0 aromatic heterocycles. The summed E-state index contributed by atoms with van der Waals surface area (Å²) in [5, 5.41) is 0. The second kappa shape index (κ2) is 8.30. The Morgan fingerprint density at radius 3 is 1.93 bits per heavy atom. The summed E-state index contributed by atoms with van der Waals surface area (Å²) in [6, 6.07) is 0. The molecular weight excluding hydrogens is 334 g/mol. The average Bonchev–Trinajstić information content (AvgIpc) is 3.11. The number of morpholine rings is 1. The van der Waals surface area contributed by atoms with Crippen LogP contribution in [0.3, 0.4) is 0 Å². The van der Waals surface area contributed by atoms with Gasteiger partial charge in [0.1, 0.15) is 0 Å². The molecule has 0 N–H and O–H groups in total. The number of hydrogen-bond donors (Lipinski definition) is 0. The van der Waals surface area contributed by atoms with Crippen LogP contribution in [0.25, 0.3) is 0 Å². The standard InChI is InChI=1S/C23H45N3O/c1-21(2,24-11-8-7-9-12-24)18-20-10-13-26(19-20)23(5,6)22(3,4)25-14-16-27-17-15-25/h20H,7-19H2,1-6H3. The van der Waals surface area contributed by atoms with Gasteiger partial charge < -0.3 is 4.74 Å². The lowest BCUT2D eigenvalue weighted by atomic mass is 9.79. The fraction of sp³-hybridized carbons (Fsp3) is 1.00. The van der Waals surface area contributed by atoms with Gasteiger partial charge >= 0.3 is 0 Å². The fourth-order valence-corrected chi connectivity index (χ4v) is 5.74. The highest BCUT2D eigenvalue weighted by Gasteiger charge is 2.48. The van der Waals surface area contributed by atoms with Gasteiger partial charge in [-0.25, -0.2) is 0 Å². The molecule has 0 amide bonds. The normalized spacial score (nSPS) is 28.0. The van der Waals surface area contributed by atoms with E-state index in [1.807, 2.05) is 0 Å². The molecule has 4 heteroatoms. The third kappa shape index (κ3) is 4.55. The number of nitrogens with zero attached hydrogens (tertiary/aromatic N) is 3. The van der Waals surface area contributed by atoms with Gasteiger partial charge in [0.05, 0.1) is 13.2 Å². The molecule has 3 aliphatic heterocycles. The van der Waals surface area contributed by atoms with Gasteiger partial charge in [-0.2, -0.15) is 0 Å². The van der Waals surface area contributed by atoms with Crippen LogP contribution in [0.4, 0.5) is 0 Å². The highest BCUT2D eigenvalue weighted by Crippen LogP contribution is 2.39. The van der Waals surface area contributed by atoms with E-state index in [1.54, 1.807) is 0 Å². The first kappa shape index (κ1) is 21.5. The number of ether oxygens (including phenoxy) is 1. The molecule has 3 rings (SSSR count). The van der Waals surface area contributed by atoms with Gasteiger partial charge in [0, 0.05) is 36.3 Å². The smallest absolute Gasteiger partial charge is 0.0594 e. The number of likely N-dealkylation sites (tertiary alicyclic amines) is 2. The lowest BCUT2D eigenvalue weighted by Crippen LogP contribution is -2.66. The van der Waals surface area contributed by atoms with Crippen LogP contribution in [0.1, 0.15) is 73.6 Å². The topological polar surface area (TPSA) is 19.0 Å². The molecule has 1 unspecified atom stereocenters. The van der Waals surface area contributed by atoms with Gasteiger partial charge in [0.15, 0.2) is 0 Å². The van der Waals surface area contributed by atoms with Crippen LogP contribution in [0.15, 0.2) is 0 Å². The molecular formula is C23H45N3O. The Morgan fingerprint density at radius 2 is 1.30 bits per heavy atom. The predicted octanol–water partition coefficient (Wildman–Crippen LogP) is 3.85. The maximum Gasteiger partial charge on any atom is 0.0594 e. The van der Waals surface area contributed by atoms with Gasteiger partial charge in [-0.1, -0.05) is 6.42 Å². The van der Waals surface area contributed by atoms with E-state index in [0.717, 1.165) is 32.2 Å². The summed E-state index contributed by atoms with van der Waals surface area (Å²) in [6.07, 6.45) is 6.91. The summed E-state index contributed by atoms with van der Waals surface area (Å²) >= 11 is 0. The number of hydrogen-bond acceptors (Lipinski definition) is 4. The Bertz CT molecular complexity index is 476. The van der Waals surface area contributed by atoms with Gasteiger partial charge in [-0.05, 0) is 92.8 Å². The van der Waals surface area contributed by atoms with Crippen LogP contribution < -0.4 is 0 Å². The van der Waals surface area contributed by atoms with Crippen molar-refractivity contribution in [1.29, 1.82) is 0 Å². The molecule has 0 aromatic rings. The van der Waals surface area contributed by atoms with E-state index in [-0.39, 0.29) is 11.1 Å². The van der Waals surface area contributed by atoms with Crippen molar-refractivity contribution in [3.05, 3.63) is 0 Å². The van der Waals surface area contributed by atoms with Crippen LogP contribution in [0.2, 0.25) is 0 Å². The van der Waals surface area contributed by atoms with Crippen molar-refractivity contribution in [1.82, 2.24) is 14.7 Å². The van der Waals surface area contributed by atoms with E-state index < -0.39 is 0 Å². The molecule has 1 atom stereocenters. The maximum atomic E-state index is 5.60. The van der Waals surface area contributed by atoms with Gasteiger partial charge in [-0.3, -0.25) is 14.7 Å². The van der Waals surface area contributed by atoms with E-state index in [1.165, 1.54) is 58.3 Å². The van der Waals surface area contributed by atoms with Crippen molar-refractivity contribution < 1.29 is 4.74 Å². The van der Waals surface area contributed by atoms with Gasteiger partial charge in [0.25, 0.3) is 0 Å². The minimum atomic E-state index is 0.161. The first-order valence-electron chi connectivity index (χ1n) is 11.5. The number of rotatable bonds is 6. The van der Waals surface area contributed by atoms with Crippen LogP contribution in [0, 0.1) is 5.92 Å². The molecule has 0 saturated carbocycles. The highest BCUT2D eigenvalue weighted by molar-refractivity contribution is 5.05. The zero-order valence-electron chi connectivity index (χ0n) is 19.0. The van der Waals surface area contributed by atoms with Crippen molar-refractivity contribution >= 4 is 0 Å². The molecule has 0 aliphatic carbocycles. The summed E-state index contributed by atoms with van der Waals surface area (Å²) in [4.78, 5) is 8.21.